The molecule has 8 nitrogen and oxygen atoms in total. The molecule has 134 valence electrons. The van der Waals surface area contributed by atoms with Crippen LogP contribution in [0.3, 0.4) is 0 Å². The number of nitriles is 1. The summed E-state index contributed by atoms with van der Waals surface area (Å²) in [5, 5.41) is 12.5. The van der Waals surface area contributed by atoms with Gasteiger partial charge in [0.25, 0.3) is 0 Å². The van der Waals surface area contributed by atoms with Crippen molar-refractivity contribution in [2.75, 3.05) is 54.5 Å². The second-order valence-corrected chi connectivity index (χ2v) is 6.42. The molecule has 0 saturated carbocycles. The Morgan fingerprint density at radius 1 is 1.12 bits per heavy atom. The van der Waals surface area contributed by atoms with Gasteiger partial charge in [-0.1, -0.05) is 0 Å². The van der Waals surface area contributed by atoms with Gasteiger partial charge in [0.15, 0.2) is 0 Å². The zero-order valence-corrected chi connectivity index (χ0v) is 14.5. The van der Waals surface area contributed by atoms with Crippen LogP contribution in [0, 0.1) is 11.3 Å². The Morgan fingerprint density at radius 3 is 2.81 bits per heavy atom. The lowest BCUT2D eigenvalue weighted by Crippen LogP contribution is -2.37. The van der Waals surface area contributed by atoms with Crippen LogP contribution >= 0.6 is 0 Å². The van der Waals surface area contributed by atoms with E-state index in [2.05, 4.69) is 36.1 Å². The van der Waals surface area contributed by atoms with Gasteiger partial charge >= 0.3 is 0 Å². The van der Waals surface area contributed by atoms with Crippen LogP contribution in [0.25, 0.3) is 0 Å². The number of aromatic nitrogens is 3. The molecule has 1 atom stereocenters. The summed E-state index contributed by atoms with van der Waals surface area (Å²) in [5.41, 5.74) is 1.48. The normalized spacial score (nSPS) is 20.0. The molecule has 2 fully saturated rings. The van der Waals surface area contributed by atoms with Crippen molar-refractivity contribution in [1.29, 1.82) is 5.26 Å². The van der Waals surface area contributed by atoms with E-state index in [1.165, 1.54) is 0 Å². The van der Waals surface area contributed by atoms with Gasteiger partial charge < -0.3 is 19.9 Å². The molecule has 0 spiro atoms. The first-order chi connectivity index (χ1) is 12.8. The SMILES string of the molecule is N#Cc1cc(N2CCC(Nc3nccc(N4CCOCC4)n3)C2)ccn1. The minimum atomic E-state index is 0.272. The minimum Gasteiger partial charge on any atom is -0.378 e. The van der Waals surface area contributed by atoms with Crippen LogP contribution in [-0.2, 0) is 4.74 Å². The number of nitrogens with one attached hydrogen (secondary N) is 1. The van der Waals surface area contributed by atoms with Gasteiger partial charge in [-0.05, 0) is 24.6 Å². The van der Waals surface area contributed by atoms with Gasteiger partial charge in [-0.15, -0.1) is 0 Å². The van der Waals surface area contributed by atoms with Gasteiger partial charge in [0.1, 0.15) is 17.6 Å². The molecule has 1 N–H and O–H groups in total. The van der Waals surface area contributed by atoms with E-state index < -0.39 is 0 Å². The number of ether oxygens (including phenoxy) is 1. The summed E-state index contributed by atoms with van der Waals surface area (Å²) in [6.45, 7) is 4.96. The predicted molar refractivity (Wildman–Crippen MR) is 98.3 cm³/mol. The first-order valence-corrected chi connectivity index (χ1v) is 8.85. The lowest BCUT2D eigenvalue weighted by atomic mass is 10.3. The Balaban J connectivity index is 1.40. The van der Waals surface area contributed by atoms with Crippen molar-refractivity contribution < 1.29 is 4.74 Å². The van der Waals surface area contributed by atoms with Crippen LogP contribution in [0.2, 0.25) is 0 Å². The molecule has 0 aromatic carbocycles. The van der Waals surface area contributed by atoms with E-state index in [0.717, 1.165) is 57.3 Å². The fourth-order valence-corrected chi connectivity index (χ4v) is 3.36. The van der Waals surface area contributed by atoms with Crippen molar-refractivity contribution in [3.8, 4) is 6.07 Å². The van der Waals surface area contributed by atoms with Crippen LogP contribution in [0.15, 0.2) is 30.6 Å². The average molecular weight is 351 g/mol. The fraction of sp³-hybridized carbons (Fsp3) is 0.444. The maximum atomic E-state index is 9.01. The number of morpholine rings is 1. The van der Waals surface area contributed by atoms with Crippen molar-refractivity contribution in [2.24, 2.45) is 0 Å². The molecule has 0 bridgehead atoms. The molecule has 2 aromatic rings. The molecule has 2 saturated heterocycles. The van der Waals surface area contributed by atoms with E-state index in [1.54, 1.807) is 12.4 Å². The zero-order valence-electron chi connectivity index (χ0n) is 14.5. The van der Waals surface area contributed by atoms with Gasteiger partial charge in [-0.3, -0.25) is 0 Å². The van der Waals surface area contributed by atoms with Gasteiger partial charge in [0.2, 0.25) is 5.95 Å². The van der Waals surface area contributed by atoms with Gasteiger partial charge in [0, 0.05) is 50.3 Å². The van der Waals surface area contributed by atoms with E-state index in [1.807, 2.05) is 18.2 Å². The van der Waals surface area contributed by atoms with Crippen molar-refractivity contribution in [2.45, 2.75) is 12.5 Å². The number of pyridine rings is 1. The topological polar surface area (TPSA) is 90.2 Å². The van der Waals surface area contributed by atoms with Gasteiger partial charge in [-0.2, -0.15) is 10.2 Å². The number of anilines is 3. The third kappa shape index (κ3) is 3.68. The Labute approximate surface area is 152 Å². The molecule has 1 unspecified atom stereocenters. The van der Waals surface area contributed by atoms with Crippen LogP contribution < -0.4 is 15.1 Å². The van der Waals surface area contributed by atoms with E-state index in [0.29, 0.717) is 11.6 Å². The highest BCUT2D eigenvalue weighted by atomic mass is 16.5. The Hall–Kier alpha value is -2.92. The van der Waals surface area contributed by atoms with Crippen LogP contribution in [0.1, 0.15) is 12.1 Å². The molecule has 4 rings (SSSR count). The highest BCUT2D eigenvalue weighted by Crippen LogP contribution is 2.22. The number of rotatable bonds is 4. The van der Waals surface area contributed by atoms with Gasteiger partial charge in [0.05, 0.1) is 13.2 Å². The first kappa shape index (κ1) is 16.5. The lowest BCUT2D eigenvalue weighted by molar-refractivity contribution is 0.122. The summed E-state index contributed by atoms with van der Waals surface area (Å²) in [7, 11) is 0. The van der Waals surface area contributed by atoms with Crippen LogP contribution in [0.5, 0.6) is 0 Å². The van der Waals surface area contributed by atoms with Gasteiger partial charge in [-0.25, -0.2) is 9.97 Å². The molecule has 0 amide bonds. The molecule has 2 aliphatic rings. The zero-order chi connectivity index (χ0) is 17.8. The molecule has 2 aromatic heterocycles. The third-order valence-corrected chi connectivity index (χ3v) is 4.72. The first-order valence-electron chi connectivity index (χ1n) is 8.85. The largest absolute Gasteiger partial charge is 0.378 e. The summed E-state index contributed by atoms with van der Waals surface area (Å²) < 4.78 is 5.40. The standard InChI is InChI=1S/C18H21N7O/c19-12-15-11-16(1-4-20-15)25-6-3-14(13-25)22-18-21-5-2-17(23-18)24-7-9-26-10-8-24/h1-2,4-5,11,14H,3,6-10,13H2,(H,21,22,23). The molecule has 0 radical (unpaired) electrons. The number of nitrogens with zero attached hydrogens (tertiary/aromatic N) is 6. The lowest BCUT2D eigenvalue weighted by Gasteiger charge is -2.28. The van der Waals surface area contributed by atoms with Crippen molar-refractivity contribution in [1.82, 2.24) is 15.0 Å². The Kier molecular flexibility index (Phi) is 4.80. The fourth-order valence-electron chi connectivity index (χ4n) is 3.36. The van der Waals surface area contributed by atoms with Crippen molar-refractivity contribution in [3.63, 3.8) is 0 Å². The monoisotopic (exact) mass is 351 g/mol. The highest BCUT2D eigenvalue weighted by Gasteiger charge is 2.24. The molecule has 8 heteroatoms. The molecule has 26 heavy (non-hydrogen) atoms. The smallest absolute Gasteiger partial charge is 0.224 e. The summed E-state index contributed by atoms with van der Waals surface area (Å²) in [6.07, 6.45) is 4.48. The van der Waals surface area contributed by atoms with E-state index in [-0.39, 0.29) is 6.04 Å². The van der Waals surface area contributed by atoms with Crippen molar-refractivity contribution in [3.05, 3.63) is 36.3 Å². The predicted octanol–water partition coefficient (Wildman–Crippen LogP) is 1.27. The summed E-state index contributed by atoms with van der Waals surface area (Å²) in [4.78, 5) is 17.5. The van der Waals surface area contributed by atoms with Crippen molar-refractivity contribution >= 4 is 17.5 Å². The summed E-state index contributed by atoms with van der Waals surface area (Å²) in [6, 6.07) is 8.08. The molecule has 0 aliphatic carbocycles. The van der Waals surface area contributed by atoms with E-state index in [9.17, 15) is 0 Å². The van der Waals surface area contributed by atoms with Crippen LogP contribution in [-0.4, -0.2) is 60.4 Å². The second-order valence-electron chi connectivity index (χ2n) is 6.42. The molecule has 2 aliphatic heterocycles. The molecule has 4 heterocycles. The summed E-state index contributed by atoms with van der Waals surface area (Å²) in [5.74, 6) is 1.60. The second kappa shape index (κ2) is 7.54. The third-order valence-electron chi connectivity index (χ3n) is 4.72. The average Bonchev–Trinajstić information content (AvgIpc) is 3.17. The molecular formula is C18H21N7O. The number of hydrogen-bond acceptors (Lipinski definition) is 8. The highest BCUT2D eigenvalue weighted by molar-refractivity contribution is 5.51. The maximum absolute atomic E-state index is 9.01. The maximum Gasteiger partial charge on any atom is 0.224 e. The Bertz CT molecular complexity index is 800. The summed E-state index contributed by atoms with van der Waals surface area (Å²) >= 11 is 0. The number of hydrogen-bond donors (Lipinski definition) is 1. The quantitative estimate of drug-likeness (QED) is 0.881. The minimum absolute atomic E-state index is 0.272. The van der Waals surface area contributed by atoms with E-state index in [4.69, 9.17) is 10.00 Å². The van der Waals surface area contributed by atoms with Crippen LogP contribution in [0.4, 0.5) is 17.5 Å². The van der Waals surface area contributed by atoms with E-state index >= 15 is 0 Å². The Morgan fingerprint density at radius 2 is 1.96 bits per heavy atom. The molecular weight excluding hydrogens is 330 g/mol.